The summed E-state index contributed by atoms with van der Waals surface area (Å²) in [7, 11) is 0. The summed E-state index contributed by atoms with van der Waals surface area (Å²) in [4.78, 5) is 24.1. The Labute approximate surface area is 134 Å². The van der Waals surface area contributed by atoms with Crippen molar-refractivity contribution in [2.45, 2.75) is 19.9 Å². The maximum Gasteiger partial charge on any atom is 0.251 e. The number of carbonyl (C=O) groups excluding carboxylic acids is 2. The molecule has 4 nitrogen and oxygen atoms in total. The van der Waals surface area contributed by atoms with Crippen molar-refractivity contribution >= 4 is 29.1 Å². The molecule has 0 aliphatic carbocycles. The zero-order valence-corrected chi connectivity index (χ0v) is 13.1. The van der Waals surface area contributed by atoms with E-state index >= 15 is 0 Å². The van der Waals surface area contributed by atoms with Gasteiger partial charge in [-0.05, 0) is 43.7 Å². The highest BCUT2D eigenvalue weighted by Crippen LogP contribution is 2.20. The van der Waals surface area contributed by atoms with E-state index < -0.39 is 6.04 Å². The van der Waals surface area contributed by atoms with Crippen LogP contribution in [0.2, 0.25) is 5.02 Å². The molecule has 0 radical (unpaired) electrons. The summed E-state index contributed by atoms with van der Waals surface area (Å²) < 4.78 is 0. The van der Waals surface area contributed by atoms with Crippen LogP contribution in [-0.4, -0.2) is 17.9 Å². The highest BCUT2D eigenvalue weighted by Gasteiger charge is 2.16. The number of anilines is 1. The molecule has 0 aliphatic heterocycles. The molecule has 2 aromatic rings. The van der Waals surface area contributed by atoms with Crippen molar-refractivity contribution in [3.05, 3.63) is 64.7 Å². The Hall–Kier alpha value is -2.33. The third kappa shape index (κ3) is 4.09. The summed E-state index contributed by atoms with van der Waals surface area (Å²) in [5, 5.41) is 5.97. The summed E-state index contributed by atoms with van der Waals surface area (Å²) in [6.07, 6.45) is 0. The van der Waals surface area contributed by atoms with E-state index in [4.69, 9.17) is 11.6 Å². The number of aryl methyl sites for hydroxylation is 1. The molecule has 0 bridgehead atoms. The molecule has 5 heteroatoms. The Balaban J connectivity index is 1.97. The maximum atomic E-state index is 12.1. The van der Waals surface area contributed by atoms with Crippen LogP contribution in [0.25, 0.3) is 0 Å². The monoisotopic (exact) mass is 316 g/mol. The number of carbonyl (C=O) groups is 2. The van der Waals surface area contributed by atoms with Crippen molar-refractivity contribution in [3.63, 3.8) is 0 Å². The SMILES string of the molecule is Cc1ccc(NC(=O)C(C)NC(=O)c2ccccc2)cc1Cl. The second-order valence-electron chi connectivity index (χ2n) is 5.01. The molecular weight excluding hydrogens is 300 g/mol. The van der Waals surface area contributed by atoms with Crippen molar-refractivity contribution in [1.29, 1.82) is 0 Å². The quantitative estimate of drug-likeness (QED) is 0.908. The van der Waals surface area contributed by atoms with E-state index in [1.54, 1.807) is 43.3 Å². The van der Waals surface area contributed by atoms with Crippen LogP contribution >= 0.6 is 11.6 Å². The highest BCUT2D eigenvalue weighted by molar-refractivity contribution is 6.31. The molecule has 22 heavy (non-hydrogen) atoms. The standard InChI is InChI=1S/C17H17ClN2O2/c1-11-8-9-14(10-15(11)18)20-16(21)12(2)19-17(22)13-6-4-3-5-7-13/h3-10,12H,1-2H3,(H,19,22)(H,20,21). The van der Waals surface area contributed by atoms with Gasteiger partial charge in [-0.2, -0.15) is 0 Å². The Kier molecular flexibility index (Phi) is 5.17. The minimum atomic E-state index is -0.659. The second kappa shape index (κ2) is 7.09. The molecule has 2 rings (SSSR count). The number of nitrogens with one attached hydrogen (secondary N) is 2. The fourth-order valence-electron chi connectivity index (χ4n) is 1.86. The molecule has 1 atom stereocenters. The first-order valence-electron chi connectivity index (χ1n) is 6.90. The summed E-state index contributed by atoms with van der Waals surface area (Å²) in [5.74, 6) is -0.589. The Bertz CT molecular complexity index is 686. The molecule has 2 amide bonds. The molecule has 0 aromatic heterocycles. The minimum Gasteiger partial charge on any atom is -0.341 e. The third-order valence-electron chi connectivity index (χ3n) is 3.22. The van der Waals surface area contributed by atoms with Crippen molar-refractivity contribution in [1.82, 2.24) is 5.32 Å². The van der Waals surface area contributed by atoms with Gasteiger partial charge >= 0.3 is 0 Å². The van der Waals surface area contributed by atoms with Gasteiger partial charge in [0.1, 0.15) is 6.04 Å². The first-order valence-corrected chi connectivity index (χ1v) is 7.28. The van der Waals surface area contributed by atoms with Gasteiger partial charge in [-0.3, -0.25) is 9.59 Å². The molecular formula is C17H17ClN2O2. The van der Waals surface area contributed by atoms with Crippen LogP contribution in [0.5, 0.6) is 0 Å². The molecule has 2 aromatic carbocycles. The molecule has 0 fully saturated rings. The largest absolute Gasteiger partial charge is 0.341 e. The molecule has 0 aliphatic rings. The van der Waals surface area contributed by atoms with Gasteiger partial charge in [-0.15, -0.1) is 0 Å². The lowest BCUT2D eigenvalue weighted by Crippen LogP contribution is -2.41. The van der Waals surface area contributed by atoms with Crippen LogP contribution in [0.15, 0.2) is 48.5 Å². The van der Waals surface area contributed by atoms with E-state index in [0.717, 1.165) is 5.56 Å². The average Bonchev–Trinajstić information content (AvgIpc) is 2.51. The fourth-order valence-corrected chi connectivity index (χ4v) is 2.04. The predicted octanol–water partition coefficient (Wildman–Crippen LogP) is 3.41. The van der Waals surface area contributed by atoms with E-state index in [9.17, 15) is 9.59 Å². The van der Waals surface area contributed by atoms with Gasteiger partial charge in [0.25, 0.3) is 5.91 Å². The Morgan fingerprint density at radius 3 is 2.41 bits per heavy atom. The zero-order valence-electron chi connectivity index (χ0n) is 12.4. The van der Waals surface area contributed by atoms with Gasteiger partial charge in [0, 0.05) is 16.3 Å². The van der Waals surface area contributed by atoms with Gasteiger partial charge < -0.3 is 10.6 Å². The highest BCUT2D eigenvalue weighted by atomic mass is 35.5. The van der Waals surface area contributed by atoms with Crippen LogP contribution < -0.4 is 10.6 Å². The van der Waals surface area contributed by atoms with Crippen molar-refractivity contribution in [2.24, 2.45) is 0 Å². The lowest BCUT2D eigenvalue weighted by Gasteiger charge is -2.14. The van der Waals surface area contributed by atoms with Crippen LogP contribution in [0, 0.1) is 6.92 Å². The van der Waals surface area contributed by atoms with Crippen molar-refractivity contribution in [2.75, 3.05) is 5.32 Å². The molecule has 1 unspecified atom stereocenters. The number of hydrogen-bond acceptors (Lipinski definition) is 2. The van der Waals surface area contributed by atoms with E-state index in [1.807, 2.05) is 19.1 Å². The summed E-state index contributed by atoms with van der Waals surface area (Å²) >= 11 is 6.02. The van der Waals surface area contributed by atoms with Crippen LogP contribution in [0.4, 0.5) is 5.69 Å². The Morgan fingerprint density at radius 2 is 1.77 bits per heavy atom. The number of rotatable bonds is 4. The van der Waals surface area contributed by atoms with Gasteiger partial charge in [0.05, 0.1) is 0 Å². The molecule has 0 saturated carbocycles. The van der Waals surface area contributed by atoms with Crippen LogP contribution in [0.3, 0.4) is 0 Å². The van der Waals surface area contributed by atoms with Gasteiger partial charge in [-0.25, -0.2) is 0 Å². The molecule has 0 saturated heterocycles. The van der Waals surface area contributed by atoms with Gasteiger partial charge in [-0.1, -0.05) is 35.9 Å². The van der Waals surface area contributed by atoms with E-state index in [2.05, 4.69) is 10.6 Å². The number of hydrogen-bond donors (Lipinski definition) is 2. The smallest absolute Gasteiger partial charge is 0.251 e. The normalized spacial score (nSPS) is 11.6. The van der Waals surface area contributed by atoms with E-state index in [1.165, 1.54) is 0 Å². The summed E-state index contributed by atoms with van der Waals surface area (Å²) in [5.41, 5.74) is 2.05. The Morgan fingerprint density at radius 1 is 1.09 bits per heavy atom. The molecule has 0 spiro atoms. The van der Waals surface area contributed by atoms with Crippen LogP contribution in [0.1, 0.15) is 22.8 Å². The first-order chi connectivity index (χ1) is 10.5. The van der Waals surface area contributed by atoms with E-state index in [0.29, 0.717) is 16.3 Å². The van der Waals surface area contributed by atoms with Crippen LogP contribution in [-0.2, 0) is 4.79 Å². The number of halogens is 1. The van der Waals surface area contributed by atoms with Crippen molar-refractivity contribution in [3.8, 4) is 0 Å². The van der Waals surface area contributed by atoms with Gasteiger partial charge in [0.2, 0.25) is 5.91 Å². The summed E-state index contributed by atoms with van der Waals surface area (Å²) in [6.45, 7) is 3.52. The van der Waals surface area contributed by atoms with E-state index in [-0.39, 0.29) is 11.8 Å². The minimum absolute atomic E-state index is 0.287. The number of amides is 2. The first kappa shape index (κ1) is 16.0. The predicted molar refractivity (Wildman–Crippen MR) is 88.2 cm³/mol. The molecule has 2 N–H and O–H groups in total. The maximum absolute atomic E-state index is 12.1. The second-order valence-corrected chi connectivity index (χ2v) is 5.42. The molecule has 0 heterocycles. The zero-order chi connectivity index (χ0) is 16.1. The fraction of sp³-hybridized carbons (Fsp3) is 0.176. The topological polar surface area (TPSA) is 58.2 Å². The molecule has 114 valence electrons. The summed E-state index contributed by atoms with van der Waals surface area (Å²) in [6, 6.07) is 13.4. The third-order valence-corrected chi connectivity index (χ3v) is 3.62. The van der Waals surface area contributed by atoms with Gasteiger partial charge in [0.15, 0.2) is 0 Å². The lowest BCUT2D eigenvalue weighted by molar-refractivity contribution is -0.117. The number of benzene rings is 2. The van der Waals surface area contributed by atoms with Crippen molar-refractivity contribution < 1.29 is 9.59 Å². The lowest BCUT2D eigenvalue weighted by atomic mass is 10.2. The average molecular weight is 317 g/mol.